The molecule has 1 saturated heterocycles. The molecule has 132 valence electrons. The molecule has 1 aliphatic heterocycles. The molecule has 1 N–H and O–H groups in total. The predicted molar refractivity (Wildman–Crippen MR) is 95.8 cm³/mol. The molecule has 25 heavy (non-hydrogen) atoms. The number of aromatic nitrogens is 1. The summed E-state index contributed by atoms with van der Waals surface area (Å²) in [5.41, 5.74) is 1.84. The number of ether oxygens (including phenoxy) is 2. The van der Waals surface area contributed by atoms with E-state index in [2.05, 4.69) is 22.4 Å². The van der Waals surface area contributed by atoms with Gasteiger partial charge in [0.15, 0.2) is 0 Å². The van der Waals surface area contributed by atoms with E-state index in [0.717, 1.165) is 19.3 Å². The number of amides is 1. The van der Waals surface area contributed by atoms with Crippen LogP contribution < -0.4 is 10.1 Å². The number of benzene rings is 1. The Hall–Kier alpha value is -2.40. The summed E-state index contributed by atoms with van der Waals surface area (Å²) >= 11 is 0. The van der Waals surface area contributed by atoms with Crippen molar-refractivity contribution in [2.75, 3.05) is 13.2 Å². The minimum absolute atomic E-state index is 0.0237. The van der Waals surface area contributed by atoms with Crippen LogP contribution in [0.25, 0.3) is 0 Å². The fourth-order valence-corrected chi connectivity index (χ4v) is 2.80. The van der Waals surface area contributed by atoms with Crippen molar-refractivity contribution in [3.63, 3.8) is 0 Å². The first kappa shape index (κ1) is 17.4. The van der Waals surface area contributed by atoms with Crippen LogP contribution in [-0.2, 0) is 11.2 Å². The summed E-state index contributed by atoms with van der Waals surface area (Å²) in [7, 11) is 0. The van der Waals surface area contributed by atoms with Gasteiger partial charge in [0.05, 0.1) is 13.2 Å². The summed E-state index contributed by atoms with van der Waals surface area (Å²) < 4.78 is 11.1. The molecule has 2 unspecified atom stereocenters. The maximum Gasteiger partial charge on any atom is 0.251 e. The van der Waals surface area contributed by atoms with Crippen LogP contribution in [0.2, 0.25) is 0 Å². The van der Waals surface area contributed by atoms with E-state index in [1.165, 1.54) is 5.56 Å². The molecule has 0 spiro atoms. The van der Waals surface area contributed by atoms with Crippen molar-refractivity contribution in [3.8, 4) is 5.88 Å². The molecule has 2 aromatic rings. The largest absolute Gasteiger partial charge is 0.472 e. The van der Waals surface area contributed by atoms with Gasteiger partial charge in [0.1, 0.15) is 6.10 Å². The second-order valence-corrected chi connectivity index (χ2v) is 6.38. The maximum absolute atomic E-state index is 12.4. The van der Waals surface area contributed by atoms with Gasteiger partial charge in [-0.2, -0.15) is 0 Å². The highest BCUT2D eigenvalue weighted by Gasteiger charge is 2.18. The molecule has 1 aromatic heterocycles. The third-order valence-corrected chi connectivity index (χ3v) is 4.26. The molecule has 1 aliphatic rings. The zero-order valence-electron chi connectivity index (χ0n) is 14.5. The number of nitrogens with one attached hydrogen (secondary N) is 1. The Kier molecular flexibility index (Phi) is 6.01. The monoisotopic (exact) mass is 340 g/mol. The van der Waals surface area contributed by atoms with Crippen molar-refractivity contribution in [1.82, 2.24) is 10.3 Å². The normalized spacial score (nSPS) is 17.9. The molecule has 0 radical (unpaired) electrons. The molecule has 2 atom stereocenters. The van der Waals surface area contributed by atoms with E-state index in [4.69, 9.17) is 9.47 Å². The van der Waals surface area contributed by atoms with Crippen LogP contribution in [0, 0.1) is 0 Å². The SMILES string of the molecule is CC(CCc1ccccc1)NC(=O)c1ccnc(OC2CCOC2)c1. The molecule has 3 rings (SSSR count). The second kappa shape index (κ2) is 8.62. The van der Waals surface area contributed by atoms with E-state index in [0.29, 0.717) is 24.7 Å². The van der Waals surface area contributed by atoms with Crippen molar-refractivity contribution in [1.29, 1.82) is 0 Å². The Morgan fingerprint density at radius 1 is 1.36 bits per heavy atom. The van der Waals surface area contributed by atoms with E-state index >= 15 is 0 Å². The minimum Gasteiger partial charge on any atom is -0.472 e. The lowest BCUT2D eigenvalue weighted by Gasteiger charge is -2.15. The number of hydrogen-bond donors (Lipinski definition) is 1. The Labute approximate surface area is 148 Å². The molecule has 1 amide bonds. The van der Waals surface area contributed by atoms with Crippen LogP contribution in [-0.4, -0.2) is 36.3 Å². The third kappa shape index (κ3) is 5.29. The van der Waals surface area contributed by atoms with Gasteiger partial charge in [-0.05, 0) is 31.4 Å². The van der Waals surface area contributed by atoms with Gasteiger partial charge in [-0.1, -0.05) is 30.3 Å². The van der Waals surface area contributed by atoms with Crippen LogP contribution in [0.3, 0.4) is 0 Å². The number of nitrogens with zero attached hydrogens (tertiary/aromatic N) is 1. The van der Waals surface area contributed by atoms with Gasteiger partial charge in [0.2, 0.25) is 5.88 Å². The molecule has 0 bridgehead atoms. The number of aryl methyl sites for hydroxylation is 1. The molecule has 0 aliphatic carbocycles. The fraction of sp³-hybridized carbons (Fsp3) is 0.400. The highest BCUT2D eigenvalue weighted by atomic mass is 16.5. The number of carbonyl (C=O) groups excluding carboxylic acids is 1. The number of hydrogen-bond acceptors (Lipinski definition) is 4. The zero-order valence-corrected chi connectivity index (χ0v) is 14.5. The van der Waals surface area contributed by atoms with Crippen molar-refractivity contribution in [2.45, 2.75) is 38.3 Å². The lowest BCUT2D eigenvalue weighted by atomic mass is 10.1. The smallest absolute Gasteiger partial charge is 0.251 e. The van der Waals surface area contributed by atoms with Gasteiger partial charge in [0.25, 0.3) is 5.91 Å². The van der Waals surface area contributed by atoms with Crippen LogP contribution in [0.15, 0.2) is 48.7 Å². The molecule has 2 heterocycles. The lowest BCUT2D eigenvalue weighted by Crippen LogP contribution is -2.33. The molecule has 5 nitrogen and oxygen atoms in total. The number of carbonyl (C=O) groups is 1. The molecular formula is C20H24N2O3. The van der Waals surface area contributed by atoms with Gasteiger partial charge in [-0.25, -0.2) is 4.98 Å². The minimum atomic E-state index is -0.101. The number of pyridine rings is 1. The van der Waals surface area contributed by atoms with Gasteiger partial charge in [-0.3, -0.25) is 4.79 Å². The molecular weight excluding hydrogens is 316 g/mol. The Bertz CT molecular complexity index is 684. The summed E-state index contributed by atoms with van der Waals surface area (Å²) in [4.78, 5) is 16.6. The first-order chi connectivity index (χ1) is 12.2. The fourth-order valence-electron chi connectivity index (χ4n) is 2.80. The Balaban J connectivity index is 1.51. The quantitative estimate of drug-likeness (QED) is 0.842. The van der Waals surface area contributed by atoms with Crippen molar-refractivity contribution in [2.24, 2.45) is 0 Å². The van der Waals surface area contributed by atoms with Crippen LogP contribution in [0.1, 0.15) is 35.7 Å². The maximum atomic E-state index is 12.4. The molecule has 1 aromatic carbocycles. The average molecular weight is 340 g/mol. The van der Waals surface area contributed by atoms with Gasteiger partial charge >= 0.3 is 0 Å². The summed E-state index contributed by atoms with van der Waals surface area (Å²) in [6.07, 6.45) is 4.32. The van der Waals surface area contributed by atoms with E-state index in [1.807, 2.05) is 25.1 Å². The average Bonchev–Trinajstić information content (AvgIpc) is 3.14. The lowest BCUT2D eigenvalue weighted by molar-refractivity contribution is 0.0937. The van der Waals surface area contributed by atoms with Crippen LogP contribution in [0.4, 0.5) is 0 Å². The first-order valence-electron chi connectivity index (χ1n) is 8.76. The van der Waals surface area contributed by atoms with Crippen molar-refractivity contribution in [3.05, 3.63) is 59.8 Å². The predicted octanol–water partition coefficient (Wildman–Crippen LogP) is 3.00. The van der Waals surface area contributed by atoms with Crippen molar-refractivity contribution >= 4 is 5.91 Å². The standard InChI is InChI=1S/C20H24N2O3/c1-15(7-8-16-5-3-2-4-6-16)22-20(23)17-9-11-21-19(13-17)25-18-10-12-24-14-18/h2-6,9,11,13,15,18H,7-8,10,12,14H2,1H3,(H,22,23). The number of rotatable bonds is 7. The van der Waals surface area contributed by atoms with Gasteiger partial charge < -0.3 is 14.8 Å². The molecule has 0 saturated carbocycles. The van der Waals surface area contributed by atoms with E-state index < -0.39 is 0 Å². The van der Waals surface area contributed by atoms with E-state index in [9.17, 15) is 4.79 Å². The van der Waals surface area contributed by atoms with E-state index in [-0.39, 0.29) is 18.1 Å². The van der Waals surface area contributed by atoms with E-state index in [1.54, 1.807) is 18.3 Å². The van der Waals surface area contributed by atoms with Crippen LogP contribution in [0.5, 0.6) is 5.88 Å². The van der Waals surface area contributed by atoms with Crippen molar-refractivity contribution < 1.29 is 14.3 Å². The first-order valence-corrected chi connectivity index (χ1v) is 8.76. The summed E-state index contributed by atoms with van der Waals surface area (Å²) in [6, 6.07) is 13.8. The summed E-state index contributed by atoms with van der Waals surface area (Å²) in [5.74, 6) is 0.371. The Morgan fingerprint density at radius 2 is 2.20 bits per heavy atom. The zero-order chi connectivity index (χ0) is 17.5. The van der Waals surface area contributed by atoms with Gasteiger partial charge in [-0.15, -0.1) is 0 Å². The highest BCUT2D eigenvalue weighted by Crippen LogP contribution is 2.16. The highest BCUT2D eigenvalue weighted by molar-refractivity contribution is 5.94. The van der Waals surface area contributed by atoms with Crippen LogP contribution >= 0.6 is 0 Å². The second-order valence-electron chi connectivity index (χ2n) is 6.38. The van der Waals surface area contributed by atoms with Gasteiger partial charge in [0, 0.05) is 30.3 Å². The molecule has 5 heteroatoms. The molecule has 1 fully saturated rings. The Morgan fingerprint density at radius 3 is 2.96 bits per heavy atom. The third-order valence-electron chi connectivity index (χ3n) is 4.26. The summed E-state index contributed by atoms with van der Waals surface area (Å²) in [6.45, 7) is 3.31. The summed E-state index contributed by atoms with van der Waals surface area (Å²) in [5, 5.41) is 3.04. The topological polar surface area (TPSA) is 60.5 Å².